The van der Waals surface area contributed by atoms with Crippen LogP contribution in [0.3, 0.4) is 0 Å². The molecule has 2 aromatic rings. The average molecular weight is 365 g/mol. The maximum Gasteiger partial charge on any atom is 0.238 e. The van der Waals surface area contributed by atoms with Crippen LogP contribution in [-0.4, -0.2) is 26.7 Å². The maximum atomic E-state index is 11.2. The van der Waals surface area contributed by atoms with E-state index < -0.39 is 10.0 Å². The van der Waals surface area contributed by atoms with Gasteiger partial charge in [-0.2, -0.15) is 0 Å². The Labute approximate surface area is 144 Å². The second-order valence-electron chi connectivity index (χ2n) is 5.01. The van der Waals surface area contributed by atoms with Crippen LogP contribution in [-0.2, 0) is 10.0 Å². The fourth-order valence-electron chi connectivity index (χ4n) is 2.14. The van der Waals surface area contributed by atoms with E-state index in [-0.39, 0.29) is 4.90 Å². The minimum atomic E-state index is -3.71. The van der Waals surface area contributed by atoms with Gasteiger partial charge in [-0.1, -0.05) is 0 Å². The summed E-state index contributed by atoms with van der Waals surface area (Å²) in [6, 6.07) is 11.4. The summed E-state index contributed by atoms with van der Waals surface area (Å²) in [6.45, 7) is 1.05. The monoisotopic (exact) mass is 365 g/mol. The molecule has 0 saturated carbocycles. The van der Waals surface area contributed by atoms with Crippen molar-refractivity contribution in [1.82, 2.24) is 0 Å². The molecule has 0 bridgehead atoms. The van der Waals surface area contributed by atoms with Crippen LogP contribution < -0.4 is 25.2 Å². The number of primary sulfonamides is 1. The van der Waals surface area contributed by atoms with Crippen LogP contribution in [0.15, 0.2) is 47.4 Å². The zero-order valence-electron chi connectivity index (χ0n) is 12.5. The first-order valence-electron chi connectivity index (χ1n) is 7.02. The Bertz CT molecular complexity index is 867. The van der Waals surface area contributed by atoms with Gasteiger partial charge in [-0.15, -0.1) is 0 Å². The number of nitrogens with one attached hydrogen (secondary N) is 2. The normalized spacial score (nSPS) is 13.2. The number of anilines is 2. The van der Waals surface area contributed by atoms with Crippen LogP contribution >= 0.6 is 12.2 Å². The zero-order valence-corrected chi connectivity index (χ0v) is 14.1. The van der Waals surface area contributed by atoms with Crippen molar-refractivity contribution in [3.05, 3.63) is 42.5 Å². The highest BCUT2D eigenvalue weighted by molar-refractivity contribution is 7.89. The fraction of sp³-hybridized carbons (Fsp3) is 0.133. The third-order valence-corrected chi connectivity index (χ3v) is 4.37. The average Bonchev–Trinajstić information content (AvgIpc) is 2.54. The van der Waals surface area contributed by atoms with E-state index in [0.29, 0.717) is 35.5 Å². The van der Waals surface area contributed by atoms with Gasteiger partial charge in [0.15, 0.2) is 16.6 Å². The van der Waals surface area contributed by atoms with Gasteiger partial charge in [-0.3, -0.25) is 0 Å². The molecule has 0 amide bonds. The summed E-state index contributed by atoms with van der Waals surface area (Å²) in [5.74, 6) is 1.36. The molecule has 3 rings (SSSR count). The third-order valence-electron chi connectivity index (χ3n) is 3.24. The SMILES string of the molecule is NS(=O)(=O)c1ccc(NC(=S)Nc2ccc3c(c2)OCCO3)cc1. The molecule has 9 heteroatoms. The van der Waals surface area contributed by atoms with Crippen molar-refractivity contribution in [3.8, 4) is 11.5 Å². The van der Waals surface area contributed by atoms with E-state index in [2.05, 4.69) is 10.6 Å². The van der Waals surface area contributed by atoms with E-state index in [9.17, 15) is 8.42 Å². The van der Waals surface area contributed by atoms with Crippen LogP contribution in [0.5, 0.6) is 11.5 Å². The van der Waals surface area contributed by atoms with Crippen LogP contribution in [0.1, 0.15) is 0 Å². The van der Waals surface area contributed by atoms with Crippen molar-refractivity contribution in [2.75, 3.05) is 23.8 Å². The molecule has 0 aromatic heterocycles. The largest absolute Gasteiger partial charge is 0.486 e. The van der Waals surface area contributed by atoms with Gasteiger partial charge in [0, 0.05) is 17.4 Å². The molecule has 1 heterocycles. The Hall–Kier alpha value is -2.36. The molecule has 1 aliphatic rings. The Morgan fingerprint density at radius 3 is 2.21 bits per heavy atom. The van der Waals surface area contributed by atoms with Crippen molar-refractivity contribution in [1.29, 1.82) is 0 Å². The Morgan fingerprint density at radius 1 is 0.958 bits per heavy atom. The molecule has 24 heavy (non-hydrogen) atoms. The summed E-state index contributed by atoms with van der Waals surface area (Å²) in [7, 11) is -3.71. The molecule has 0 fully saturated rings. The number of nitrogens with two attached hydrogens (primary N) is 1. The highest BCUT2D eigenvalue weighted by atomic mass is 32.2. The summed E-state index contributed by atoms with van der Waals surface area (Å²) in [4.78, 5) is 0.0405. The highest BCUT2D eigenvalue weighted by Gasteiger charge is 2.12. The zero-order chi connectivity index (χ0) is 17.2. The summed E-state index contributed by atoms with van der Waals surface area (Å²) < 4.78 is 33.4. The van der Waals surface area contributed by atoms with Crippen LogP contribution in [0.25, 0.3) is 0 Å². The van der Waals surface area contributed by atoms with E-state index in [1.54, 1.807) is 24.3 Å². The number of ether oxygens (including phenoxy) is 2. The molecule has 0 aliphatic carbocycles. The molecular weight excluding hydrogens is 350 g/mol. The smallest absolute Gasteiger partial charge is 0.238 e. The number of sulfonamides is 1. The summed E-state index contributed by atoms with van der Waals surface area (Å²) in [5.41, 5.74) is 1.38. The van der Waals surface area contributed by atoms with E-state index in [4.69, 9.17) is 26.8 Å². The first-order chi connectivity index (χ1) is 11.4. The van der Waals surface area contributed by atoms with Crippen molar-refractivity contribution < 1.29 is 17.9 Å². The lowest BCUT2D eigenvalue weighted by molar-refractivity contribution is 0.171. The Kier molecular flexibility index (Phi) is 4.56. The predicted molar refractivity (Wildman–Crippen MR) is 95.1 cm³/mol. The molecule has 0 radical (unpaired) electrons. The molecule has 126 valence electrons. The second-order valence-corrected chi connectivity index (χ2v) is 6.98. The molecule has 0 unspecified atom stereocenters. The molecule has 1 aliphatic heterocycles. The van der Waals surface area contributed by atoms with Crippen LogP contribution in [0, 0.1) is 0 Å². The molecular formula is C15H15N3O4S2. The van der Waals surface area contributed by atoms with Crippen molar-refractivity contribution in [2.24, 2.45) is 5.14 Å². The first kappa shape index (κ1) is 16.5. The van der Waals surface area contributed by atoms with Gasteiger partial charge in [0.2, 0.25) is 10.0 Å². The second kappa shape index (κ2) is 6.63. The lowest BCUT2D eigenvalue weighted by Gasteiger charge is -2.19. The molecule has 7 nitrogen and oxygen atoms in total. The molecule has 4 N–H and O–H groups in total. The summed E-state index contributed by atoms with van der Waals surface area (Å²) >= 11 is 5.24. The number of fused-ring (bicyclic) bond motifs is 1. The van der Waals surface area contributed by atoms with Gasteiger partial charge in [0.1, 0.15) is 13.2 Å². The fourth-order valence-corrected chi connectivity index (χ4v) is 2.89. The van der Waals surface area contributed by atoms with Crippen LogP contribution in [0.2, 0.25) is 0 Å². The maximum absolute atomic E-state index is 11.2. The van der Waals surface area contributed by atoms with Gasteiger partial charge in [-0.25, -0.2) is 13.6 Å². The van der Waals surface area contributed by atoms with Gasteiger partial charge >= 0.3 is 0 Å². The Morgan fingerprint density at radius 2 is 1.54 bits per heavy atom. The van der Waals surface area contributed by atoms with E-state index >= 15 is 0 Å². The van der Waals surface area contributed by atoms with Gasteiger partial charge in [0.05, 0.1) is 4.90 Å². The highest BCUT2D eigenvalue weighted by Crippen LogP contribution is 2.32. The lowest BCUT2D eigenvalue weighted by atomic mass is 10.2. The standard InChI is InChI=1S/C15H15N3O4S2/c16-24(19,20)12-4-1-10(2-5-12)17-15(23)18-11-3-6-13-14(9-11)22-8-7-21-13/h1-6,9H,7-8H2,(H2,16,19,20)(H2,17,18,23). The summed E-state index contributed by atoms with van der Waals surface area (Å²) in [5, 5.41) is 11.4. The predicted octanol–water partition coefficient (Wildman–Crippen LogP) is 1.91. The third kappa shape index (κ3) is 3.94. The van der Waals surface area contributed by atoms with E-state index in [1.165, 1.54) is 12.1 Å². The molecule has 0 atom stereocenters. The minimum absolute atomic E-state index is 0.0405. The van der Waals surface area contributed by atoms with Crippen molar-refractivity contribution in [3.63, 3.8) is 0 Å². The number of hydrogen-bond acceptors (Lipinski definition) is 5. The van der Waals surface area contributed by atoms with Crippen molar-refractivity contribution >= 4 is 38.7 Å². The Balaban J connectivity index is 1.65. The first-order valence-corrected chi connectivity index (χ1v) is 8.98. The van der Waals surface area contributed by atoms with Gasteiger partial charge in [0.25, 0.3) is 0 Å². The lowest BCUT2D eigenvalue weighted by Crippen LogP contribution is -2.20. The number of hydrogen-bond donors (Lipinski definition) is 3. The van der Waals surface area contributed by atoms with E-state index in [1.807, 2.05) is 6.07 Å². The molecule has 2 aromatic carbocycles. The van der Waals surface area contributed by atoms with Gasteiger partial charge < -0.3 is 20.1 Å². The quantitative estimate of drug-likeness (QED) is 0.714. The topological polar surface area (TPSA) is 103 Å². The molecule has 0 saturated heterocycles. The molecule has 0 spiro atoms. The number of thiocarbonyl (C=S) groups is 1. The number of benzene rings is 2. The van der Waals surface area contributed by atoms with Crippen LogP contribution in [0.4, 0.5) is 11.4 Å². The minimum Gasteiger partial charge on any atom is -0.486 e. The van der Waals surface area contributed by atoms with E-state index in [0.717, 1.165) is 5.69 Å². The summed E-state index contributed by atoms with van der Waals surface area (Å²) in [6.07, 6.45) is 0. The number of rotatable bonds is 3. The van der Waals surface area contributed by atoms with Crippen molar-refractivity contribution in [2.45, 2.75) is 4.90 Å². The van der Waals surface area contributed by atoms with Gasteiger partial charge in [-0.05, 0) is 48.6 Å².